The minimum absolute atomic E-state index is 0.104. The van der Waals surface area contributed by atoms with Crippen LogP contribution < -0.4 is 14.8 Å². The average Bonchev–Trinajstić information content (AvgIpc) is 2.65. The fourth-order valence-electron chi connectivity index (χ4n) is 2.18. The Morgan fingerprint density at radius 1 is 1.21 bits per heavy atom. The number of esters is 1. The number of nitrogens with zero attached hydrogens (tertiary/aromatic N) is 1. The molecule has 0 atom stereocenters. The van der Waals surface area contributed by atoms with E-state index in [0.29, 0.717) is 6.07 Å². The lowest BCUT2D eigenvalue weighted by Crippen LogP contribution is -2.21. The Balaban J connectivity index is 2.16. The molecule has 0 aliphatic carbocycles. The van der Waals surface area contributed by atoms with Gasteiger partial charge in [0.1, 0.15) is 11.4 Å². The number of nitro benzene ring substituents is 1. The first-order chi connectivity index (χ1) is 13.7. The Hall–Kier alpha value is -3.83. The van der Waals surface area contributed by atoms with Crippen molar-refractivity contribution in [3.8, 4) is 11.5 Å². The Labute approximate surface area is 161 Å². The van der Waals surface area contributed by atoms with Crippen molar-refractivity contribution < 1.29 is 41.9 Å². The highest BCUT2D eigenvalue weighted by molar-refractivity contribution is 5.98. The SMILES string of the molecule is COc1cc(C(=O)OCC(=O)Nc2cccc(F)c2)c([N+](=O)[O-])cc1OC(F)F. The first kappa shape index (κ1) is 21.5. The van der Waals surface area contributed by atoms with Crippen LogP contribution in [0.25, 0.3) is 0 Å². The van der Waals surface area contributed by atoms with Crippen LogP contribution in [0.3, 0.4) is 0 Å². The second-order valence-corrected chi connectivity index (χ2v) is 5.29. The van der Waals surface area contributed by atoms with E-state index in [0.717, 1.165) is 25.3 Å². The summed E-state index contributed by atoms with van der Waals surface area (Å²) in [7, 11) is 1.07. The van der Waals surface area contributed by atoms with Crippen LogP contribution in [0.4, 0.5) is 24.5 Å². The van der Waals surface area contributed by atoms with Crippen molar-refractivity contribution in [2.24, 2.45) is 0 Å². The van der Waals surface area contributed by atoms with E-state index < -0.39 is 52.8 Å². The maximum Gasteiger partial charge on any atom is 0.387 e. The molecule has 0 spiro atoms. The van der Waals surface area contributed by atoms with E-state index >= 15 is 0 Å². The van der Waals surface area contributed by atoms with Gasteiger partial charge in [0.05, 0.1) is 18.1 Å². The van der Waals surface area contributed by atoms with Crippen molar-refractivity contribution in [3.63, 3.8) is 0 Å². The Kier molecular flexibility index (Phi) is 6.95. The van der Waals surface area contributed by atoms with E-state index in [-0.39, 0.29) is 11.4 Å². The first-order valence-corrected chi connectivity index (χ1v) is 7.75. The number of benzene rings is 2. The number of carbonyl (C=O) groups excluding carboxylic acids is 2. The lowest BCUT2D eigenvalue weighted by Gasteiger charge is -2.12. The molecule has 2 aromatic carbocycles. The number of carbonyl (C=O) groups is 2. The first-order valence-electron chi connectivity index (χ1n) is 7.75. The highest BCUT2D eigenvalue weighted by Gasteiger charge is 2.27. The van der Waals surface area contributed by atoms with Gasteiger partial charge in [0.25, 0.3) is 11.6 Å². The Bertz CT molecular complexity index is 937. The van der Waals surface area contributed by atoms with Crippen LogP contribution in [0, 0.1) is 15.9 Å². The predicted octanol–water partition coefficient (Wildman–Crippen LogP) is 3.14. The van der Waals surface area contributed by atoms with Crippen LogP contribution in [0.1, 0.15) is 10.4 Å². The summed E-state index contributed by atoms with van der Waals surface area (Å²) < 4.78 is 51.6. The summed E-state index contributed by atoms with van der Waals surface area (Å²) in [4.78, 5) is 34.1. The van der Waals surface area contributed by atoms with E-state index in [9.17, 15) is 32.9 Å². The summed E-state index contributed by atoms with van der Waals surface area (Å²) in [5, 5.41) is 13.4. The number of nitro groups is 1. The number of methoxy groups -OCH3 is 1. The van der Waals surface area contributed by atoms with Crippen molar-refractivity contribution in [2.45, 2.75) is 6.61 Å². The molecule has 0 aromatic heterocycles. The largest absolute Gasteiger partial charge is 0.493 e. The molecule has 1 N–H and O–H groups in total. The molecule has 0 aliphatic heterocycles. The molecule has 9 nitrogen and oxygen atoms in total. The van der Waals surface area contributed by atoms with E-state index in [1.807, 2.05) is 0 Å². The normalized spacial score (nSPS) is 10.4. The van der Waals surface area contributed by atoms with Gasteiger partial charge in [-0.05, 0) is 18.2 Å². The maximum atomic E-state index is 13.1. The topological polar surface area (TPSA) is 117 Å². The second kappa shape index (κ2) is 9.39. The number of anilines is 1. The molecule has 2 rings (SSSR count). The van der Waals surface area contributed by atoms with Gasteiger partial charge in [0.15, 0.2) is 18.1 Å². The maximum absolute atomic E-state index is 13.1. The van der Waals surface area contributed by atoms with Crippen molar-refractivity contribution in [2.75, 3.05) is 19.0 Å². The smallest absolute Gasteiger partial charge is 0.387 e. The number of ether oxygens (including phenoxy) is 3. The van der Waals surface area contributed by atoms with Gasteiger partial charge in [0, 0.05) is 11.8 Å². The van der Waals surface area contributed by atoms with Crippen molar-refractivity contribution >= 4 is 23.3 Å². The summed E-state index contributed by atoms with van der Waals surface area (Å²) >= 11 is 0. The third-order valence-corrected chi connectivity index (χ3v) is 3.36. The molecule has 29 heavy (non-hydrogen) atoms. The molecule has 0 saturated heterocycles. The number of hydrogen-bond acceptors (Lipinski definition) is 7. The standard InChI is InChI=1S/C17H13F3N2O7/c1-27-13-6-11(12(22(25)26)7-14(13)29-17(19)20)16(24)28-8-15(23)21-10-4-2-3-9(18)5-10/h2-7,17H,8H2,1H3,(H,21,23). The van der Waals surface area contributed by atoms with Gasteiger partial charge >= 0.3 is 12.6 Å². The summed E-state index contributed by atoms with van der Waals surface area (Å²) in [6, 6.07) is 6.27. The van der Waals surface area contributed by atoms with Crippen LogP contribution in [0.5, 0.6) is 11.5 Å². The molecule has 0 aliphatic rings. The quantitative estimate of drug-likeness (QED) is 0.401. The monoisotopic (exact) mass is 414 g/mol. The Morgan fingerprint density at radius 2 is 1.93 bits per heavy atom. The molecule has 154 valence electrons. The van der Waals surface area contributed by atoms with Gasteiger partial charge in [-0.2, -0.15) is 8.78 Å². The zero-order chi connectivity index (χ0) is 21.6. The average molecular weight is 414 g/mol. The van der Waals surface area contributed by atoms with Gasteiger partial charge in [-0.3, -0.25) is 14.9 Å². The second-order valence-electron chi connectivity index (χ2n) is 5.29. The van der Waals surface area contributed by atoms with Crippen molar-refractivity contribution in [1.82, 2.24) is 0 Å². The minimum atomic E-state index is -3.28. The fraction of sp³-hybridized carbons (Fsp3) is 0.176. The molecule has 12 heteroatoms. The molecule has 0 fully saturated rings. The van der Waals surface area contributed by atoms with Crippen LogP contribution in [-0.2, 0) is 9.53 Å². The van der Waals surface area contributed by atoms with Gasteiger partial charge in [-0.1, -0.05) is 6.07 Å². The molecule has 0 radical (unpaired) electrons. The number of rotatable bonds is 8. The highest BCUT2D eigenvalue weighted by Crippen LogP contribution is 2.36. The van der Waals surface area contributed by atoms with Gasteiger partial charge in [-0.25, -0.2) is 9.18 Å². The van der Waals surface area contributed by atoms with Gasteiger partial charge in [0.2, 0.25) is 0 Å². The Morgan fingerprint density at radius 3 is 2.52 bits per heavy atom. The van der Waals surface area contributed by atoms with Crippen LogP contribution in [0.15, 0.2) is 36.4 Å². The fourth-order valence-corrected chi connectivity index (χ4v) is 2.18. The van der Waals surface area contributed by atoms with E-state index in [2.05, 4.69) is 10.1 Å². The predicted molar refractivity (Wildman–Crippen MR) is 91.6 cm³/mol. The third-order valence-electron chi connectivity index (χ3n) is 3.36. The molecule has 0 saturated carbocycles. The molecular formula is C17H13F3N2O7. The molecule has 0 bridgehead atoms. The zero-order valence-electron chi connectivity index (χ0n) is 14.7. The molecular weight excluding hydrogens is 401 g/mol. The van der Waals surface area contributed by atoms with E-state index in [1.165, 1.54) is 12.1 Å². The minimum Gasteiger partial charge on any atom is -0.493 e. The molecule has 2 aromatic rings. The summed E-state index contributed by atoms with van der Waals surface area (Å²) in [5.41, 5.74) is -1.43. The molecule has 0 unspecified atom stereocenters. The lowest BCUT2D eigenvalue weighted by atomic mass is 10.1. The summed E-state index contributed by atoms with van der Waals surface area (Å²) in [6.45, 7) is -4.13. The van der Waals surface area contributed by atoms with Gasteiger partial charge < -0.3 is 19.5 Å². The number of hydrogen-bond donors (Lipinski definition) is 1. The molecule has 1 amide bonds. The number of nitrogens with one attached hydrogen (secondary N) is 1. The van der Waals surface area contributed by atoms with Crippen LogP contribution in [0.2, 0.25) is 0 Å². The molecule has 0 heterocycles. The van der Waals surface area contributed by atoms with E-state index in [4.69, 9.17) is 9.47 Å². The lowest BCUT2D eigenvalue weighted by molar-refractivity contribution is -0.385. The summed E-state index contributed by atoms with van der Waals surface area (Å²) in [6.07, 6.45) is 0. The zero-order valence-corrected chi connectivity index (χ0v) is 14.7. The third kappa shape index (κ3) is 5.82. The van der Waals surface area contributed by atoms with Crippen LogP contribution in [-0.4, -0.2) is 37.1 Å². The van der Waals surface area contributed by atoms with Crippen molar-refractivity contribution in [1.29, 1.82) is 0 Å². The van der Waals surface area contributed by atoms with Gasteiger partial charge in [-0.15, -0.1) is 0 Å². The van der Waals surface area contributed by atoms with Crippen LogP contribution >= 0.6 is 0 Å². The summed E-state index contributed by atoms with van der Waals surface area (Å²) in [5.74, 6) is -3.76. The number of amides is 1. The highest BCUT2D eigenvalue weighted by atomic mass is 19.3. The number of halogens is 3. The number of alkyl halides is 2. The van der Waals surface area contributed by atoms with Crippen molar-refractivity contribution in [3.05, 3.63) is 57.9 Å². The van der Waals surface area contributed by atoms with E-state index in [1.54, 1.807) is 0 Å².